The SMILES string of the molecule is CC1COCCC1N[C@@H]1CCC(C(=O)N2CC=C(c3cccc(C(F)(F)F)c3)CC2)(C(C)C)C1. The van der Waals surface area contributed by atoms with E-state index in [0.717, 1.165) is 50.5 Å². The van der Waals surface area contributed by atoms with Crippen LogP contribution in [0.1, 0.15) is 64.0 Å². The lowest BCUT2D eigenvalue weighted by Gasteiger charge is -2.39. The molecule has 7 heteroatoms. The van der Waals surface area contributed by atoms with Crippen molar-refractivity contribution in [2.75, 3.05) is 26.3 Å². The fourth-order valence-corrected chi connectivity index (χ4v) is 5.94. The highest BCUT2D eigenvalue weighted by molar-refractivity contribution is 5.84. The normalized spacial score (nSPS) is 30.5. The minimum Gasteiger partial charge on any atom is -0.381 e. The zero-order chi connectivity index (χ0) is 24.5. The van der Waals surface area contributed by atoms with E-state index >= 15 is 0 Å². The first-order chi connectivity index (χ1) is 16.1. The van der Waals surface area contributed by atoms with Gasteiger partial charge in [0.05, 0.1) is 17.6 Å². The molecule has 4 nitrogen and oxygen atoms in total. The van der Waals surface area contributed by atoms with Crippen LogP contribution < -0.4 is 5.32 Å². The molecule has 0 bridgehead atoms. The fraction of sp³-hybridized carbons (Fsp3) is 0.667. The van der Waals surface area contributed by atoms with Gasteiger partial charge in [-0.15, -0.1) is 0 Å². The second-order valence-electron chi connectivity index (χ2n) is 10.7. The standard InChI is InChI=1S/C27H37F3N2O2/c1-18(2)26(11-7-23(16-26)31-24-10-14-34-17-19(24)3)25(33)32-12-8-20(9-13-32)21-5-4-6-22(15-21)27(28,29)30/h4-6,8,15,18-19,23-24,31H,7,9-14,16-17H2,1-3H3/t19?,23-,24?,26?/m1/s1. The number of benzene rings is 1. The molecule has 4 rings (SSSR count). The van der Waals surface area contributed by atoms with E-state index in [0.29, 0.717) is 43.1 Å². The van der Waals surface area contributed by atoms with Crippen LogP contribution in [0, 0.1) is 17.3 Å². The average molecular weight is 479 g/mol. The smallest absolute Gasteiger partial charge is 0.381 e. The van der Waals surface area contributed by atoms with Gasteiger partial charge in [0.1, 0.15) is 0 Å². The Kier molecular flexibility index (Phi) is 7.44. The van der Waals surface area contributed by atoms with Crippen molar-refractivity contribution in [1.29, 1.82) is 0 Å². The maximum Gasteiger partial charge on any atom is 0.416 e. The number of halogens is 3. The average Bonchev–Trinajstić information content (AvgIpc) is 3.25. The first-order valence-corrected chi connectivity index (χ1v) is 12.6. The zero-order valence-electron chi connectivity index (χ0n) is 20.5. The summed E-state index contributed by atoms with van der Waals surface area (Å²) in [5.41, 5.74) is 0.462. The number of hydrogen-bond donors (Lipinski definition) is 1. The number of alkyl halides is 3. The number of ether oxygens (including phenoxy) is 1. The zero-order valence-corrected chi connectivity index (χ0v) is 20.5. The molecule has 1 aliphatic carbocycles. The molecule has 2 heterocycles. The topological polar surface area (TPSA) is 41.6 Å². The Hall–Kier alpha value is -1.86. The highest BCUT2D eigenvalue weighted by atomic mass is 19.4. The lowest BCUT2D eigenvalue weighted by Crippen LogP contribution is -2.49. The predicted octanol–water partition coefficient (Wildman–Crippen LogP) is 5.53. The Morgan fingerprint density at radius 1 is 1.26 bits per heavy atom. The maximum atomic E-state index is 13.8. The van der Waals surface area contributed by atoms with Crippen LogP contribution in [0.2, 0.25) is 0 Å². The molecular weight excluding hydrogens is 441 g/mol. The van der Waals surface area contributed by atoms with E-state index in [4.69, 9.17) is 4.74 Å². The van der Waals surface area contributed by atoms with Gasteiger partial charge in [-0.3, -0.25) is 4.79 Å². The molecule has 1 aromatic rings. The minimum atomic E-state index is -4.35. The van der Waals surface area contributed by atoms with Gasteiger partial charge in [-0.25, -0.2) is 0 Å². The van der Waals surface area contributed by atoms with Crippen LogP contribution >= 0.6 is 0 Å². The van der Waals surface area contributed by atoms with Crippen molar-refractivity contribution < 1.29 is 22.7 Å². The number of nitrogens with zero attached hydrogens (tertiary/aromatic N) is 1. The quantitative estimate of drug-likeness (QED) is 0.605. The minimum absolute atomic E-state index is 0.200. The number of carbonyl (C=O) groups is 1. The molecule has 1 saturated heterocycles. The van der Waals surface area contributed by atoms with Gasteiger partial charge in [0, 0.05) is 31.8 Å². The van der Waals surface area contributed by atoms with Crippen molar-refractivity contribution in [3.8, 4) is 0 Å². The molecular formula is C27H37F3N2O2. The molecule has 0 spiro atoms. The summed E-state index contributed by atoms with van der Waals surface area (Å²) in [4.78, 5) is 15.7. The fourth-order valence-electron chi connectivity index (χ4n) is 5.94. The Morgan fingerprint density at radius 3 is 2.71 bits per heavy atom. The van der Waals surface area contributed by atoms with Gasteiger partial charge < -0.3 is 15.0 Å². The van der Waals surface area contributed by atoms with E-state index < -0.39 is 11.7 Å². The number of hydrogen-bond acceptors (Lipinski definition) is 3. The molecule has 1 aromatic carbocycles. The number of amides is 1. The predicted molar refractivity (Wildman–Crippen MR) is 127 cm³/mol. The van der Waals surface area contributed by atoms with Crippen molar-refractivity contribution in [2.45, 2.75) is 71.1 Å². The molecule has 1 amide bonds. The summed E-state index contributed by atoms with van der Waals surface area (Å²) in [7, 11) is 0. The summed E-state index contributed by atoms with van der Waals surface area (Å²) in [5, 5.41) is 3.83. The molecule has 3 unspecified atom stereocenters. The Morgan fingerprint density at radius 2 is 2.06 bits per heavy atom. The third-order valence-corrected chi connectivity index (χ3v) is 8.23. The number of nitrogens with one attached hydrogen (secondary N) is 1. The van der Waals surface area contributed by atoms with E-state index in [2.05, 4.69) is 26.1 Å². The van der Waals surface area contributed by atoms with Crippen molar-refractivity contribution in [3.63, 3.8) is 0 Å². The van der Waals surface area contributed by atoms with E-state index in [1.54, 1.807) is 6.07 Å². The second-order valence-corrected chi connectivity index (χ2v) is 10.7. The van der Waals surface area contributed by atoms with Crippen molar-refractivity contribution in [1.82, 2.24) is 10.2 Å². The largest absolute Gasteiger partial charge is 0.416 e. The molecule has 0 aromatic heterocycles. The Balaban J connectivity index is 1.43. The van der Waals surface area contributed by atoms with E-state index in [9.17, 15) is 18.0 Å². The summed E-state index contributed by atoms with van der Waals surface area (Å²) in [5.74, 6) is 0.902. The molecule has 4 atom stereocenters. The van der Waals surface area contributed by atoms with Gasteiger partial charge in [-0.1, -0.05) is 39.0 Å². The first kappa shape index (κ1) is 25.2. The summed E-state index contributed by atoms with van der Waals surface area (Å²) < 4.78 is 44.9. The van der Waals surface area contributed by atoms with Crippen LogP contribution in [0.25, 0.3) is 5.57 Å². The molecule has 1 saturated carbocycles. The van der Waals surface area contributed by atoms with E-state index in [-0.39, 0.29) is 17.2 Å². The highest BCUT2D eigenvalue weighted by Crippen LogP contribution is 2.46. The third kappa shape index (κ3) is 5.20. The first-order valence-electron chi connectivity index (χ1n) is 12.6. The van der Waals surface area contributed by atoms with Crippen LogP contribution in [-0.4, -0.2) is 49.2 Å². The highest BCUT2D eigenvalue weighted by Gasteiger charge is 2.49. The van der Waals surface area contributed by atoms with Gasteiger partial charge in [0.15, 0.2) is 0 Å². The van der Waals surface area contributed by atoms with Gasteiger partial charge in [0.25, 0.3) is 0 Å². The second kappa shape index (κ2) is 10.0. The molecule has 3 aliphatic rings. The summed E-state index contributed by atoms with van der Waals surface area (Å²) in [6.07, 6.45) is 1.87. The summed E-state index contributed by atoms with van der Waals surface area (Å²) >= 11 is 0. The van der Waals surface area contributed by atoms with Gasteiger partial charge in [-0.2, -0.15) is 13.2 Å². The molecule has 188 valence electrons. The Bertz CT molecular complexity index is 913. The molecule has 2 fully saturated rings. The number of rotatable bonds is 5. The lowest BCUT2D eigenvalue weighted by atomic mass is 9.74. The van der Waals surface area contributed by atoms with E-state index in [1.165, 1.54) is 12.1 Å². The van der Waals surface area contributed by atoms with Gasteiger partial charge >= 0.3 is 6.18 Å². The van der Waals surface area contributed by atoms with Crippen LogP contribution in [0.15, 0.2) is 30.3 Å². The van der Waals surface area contributed by atoms with Crippen molar-refractivity contribution in [3.05, 3.63) is 41.5 Å². The molecule has 1 N–H and O–H groups in total. The number of carbonyl (C=O) groups excluding carboxylic acids is 1. The van der Waals surface area contributed by atoms with Crippen LogP contribution in [0.4, 0.5) is 13.2 Å². The van der Waals surface area contributed by atoms with Gasteiger partial charge in [0.2, 0.25) is 5.91 Å². The van der Waals surface area contributed by atoms with Crippen LogP contribution in [0.5, 0.6) is 0 Å². The molecule has 2 aliphatic heterocycles. The van der Waals surface area contributed by atoms with Crippen molar-refractivity contribution in [2.24, 2.45) is 17.3 Å². The monoisotopic (exact) mass is 478 g/mol. The summed E-state index contributed by atoms with van der Waals surface area (Å²) in [6, 6.07) is 6.25. The van der Waals surface area contributed by atoms with Crippen LogP contribution in [0.3, 0.4) is 0 Å². The maximum absolute atomic E-state index is 13.8. The van der Waals surface area contributed by atoms with E-state index in [1.807, 2.05) is 11.0 Å². The van der Waals surface area contributed by atoms with Gasteiger partial charge in [-0.05, 0) is 67.2 Å². The lowest BCUT2D eigenvalue weighted by molar-refractivity contribution is -0.144. The van der Waals surface area contributed by atoms with Crippen molar-refractivity contribution >= 4 is 11.5 Å². The molecule has 34 heavy (non-hydrogen) atoms. The third-order valence-electron chi connectivity index (χ3n) is 8.23. The Labute approximate surface area is 200 Å². The van der Waals surface area contributed by atoms with Crippen LogP contribution in [-0.2, 0) is 15.7 Å². The molecule has 0 radical (unpaired) electrons. The summed E-state index contributed by atoms with van der Waals surface area (Å²) in [6.45, 7) is 9.08.